The molecule has 8 nitrogen and oxygen atoms in total. The average molecular weight is 801 g/mol. The van der Waals surface area contributed by atoms with E-state index in [1.807, 2.05) is 0 Å². The Labute approximate surface area is 339 Å². The van der Waals surface area contributed by atoms with E-state index in [1.54, 1.807) is 48.5 Å². The molecule has 0 radical (unpaired) electrons. The molecule has 2 aliphatic heterocycles. The van der Waals surface area contributed by atoms with Crippen LogP contribution < -0.4 is 32.4 Å². The predicted molar refractivity (Wildman–Crippen MR) is 228 cm³/mol. The minimum Gasteiger partial charge on any atom is -0.482 e. The van der Waals surface area contributed by atoms with Crippen molar-refractivity contribution >= 4 is 65.4 Å². The van der Waals surface area contributed by atoms with Crippen molar-refractivity contribution in [3.8, 4) is 0 Å². The van der Waals surface area contributed by atoms with Gasteiger partial charge in [-0.1, -0.05) is 73.5 Å². The standard InChI is InChI=1S/C48H36N2O6S2/c51-41-27-11-3-4-12-28(27)42(52)39(41)49-37-23-33-45(57-37)31-19-26-22-36-32(20-25(26)21-35(31)55-47(33)15-7-1-8-16-47)46-34(48(56-36)17-9-2-10-18-48)24-38(58-46)50-40-43(53)29-13-5-6-14-30(29)44(40)54/h3-6,11-14,19-26H,1-2,7-10,15-18H2. The van der Waals surface area contributed by atoms with Crippen molar-refractivity contribution in [2.75, 3.05) is 0 Å². The van der Waals surface area contributed by atoms with Crippen molar-refractivity contribution in [3.05, 3.63) is 169 Å². The largest absolute Gasteiger partial charge is 0.482 e. The summed E-state index contributed by atoms with van der Waals surface area (Å²) in [5, 5.41) is 2.87. The van der Waals surface area contributed by atoms with Crippen LogP contribution in [0.3, 0.4) is 0 Å². The van der Waals surface area contributed by atoms with Gasteiger partial charge in [0.15, 0.2) is 10.7 Å². The molecule has 4 heterocycles. The molecular weight excluding hydrogens is 765 g/mol. The van der Waals surface area contributed by atoms with Crippen molar-refractivity contribution in [2.24, 2.45) is 21.8 Å². The van der Waals surface area contributed by atoms with E-state index in [4.69, 9.17) is 19.5 Å². The Morgan fingerprint density at radius 3 is 1.22 bits per heavy atom. The molecule has 286 valence electrons. The number of rotatable bonds is 2. The fraction of sp³-hybridized carbons (Fsp3) is 0.292. The number of hydrogen-bond acceptors (Lipinski definition) is 10. The fourth-order valence-corrected chi connectivity index (χ4v) is 12.8. The summed E-state index contributed by atoms with van der Waals surface area (Å²) in [5.74, 6) is 1.74. The van der Waals surface area contributed by atoms with E-state index in [-0.39, 0.29) is 44.3 Å². The quantitative estimate of drug-likeness (QED) is 0.173. The topological polar surface area (TPSA) is 111 Å². The molecule has 2 fully saturated rings. The molecule has 2 unspecified atom stereocenters. The lowest BCUT2D eigenvalue weighted by Gasteiger charge is -2.46. The van der Waals surface area contributed by atoms with E-state index < -0.39 is 11.2 Å². The van der Waals surface area contributed by atoms with Gasteiger partial charge in [-0.2, -0.15) is 0 Å². The zero-order valence-corrected chi connectivity index (χ0v) is 33.1. The molecule has 0 amide bonds. The van der Waals surface area contributed by atoms with Crippen molar-refractivity contribution in [3.63, 3.8) is 0 Å². The summed E-state index contributed by atoms with van der Waals surface area (Å²) in [5.41, 5.74) is 1.95. The lowest BCUT2D eigenvalue weighted by atomic mass is 9.72. The molecule has 0 bridgehead atoms. The monoisotopic (exact) mass is 800 g/mol. The molecule has 0 N–H and O–H groups in total. The summed E-state index contributed by atoms with van der Waals surface area (Å²) in [4.78, 5) is 65.1. The van der Waals surface area contributed by atoms with Gasteiger partial charge < -0.3 is 9.47 Å². The molecule has 12 rings (SSSR count). The van der Waals surface area contributed by atoms with Crippen LogP contribution >= 0.6 is 22.7 Å². The average Bonchev–Trinajstić information content (AvgIpc) is 4.00. The van der Waals surface area contributed by atoms with Crippen LogP contribution in [0.5, 0.6) is 0 Å². The number of nitrogens with zero attached hydrogens (tertiary/aromatic N) is 2. The van der Waals surface area contributed by atoms with Gasteiger partial charge in [0.05, 0.1) is 0 Å². The van der Waals surface area contributed by atoms with E-state index in [0.717, 1.165) is 108 Å². The van der Waals surface area contributed by atoms with Crippen molar-refractivity contribution in [1.29, 1.82) is 0 Å². The first-order valence-corrected chi connectivity index (χ1v) is 22.0. The lowest BCUT2D eigenvalue weighted by Crippen LogP contribution is -2.37. The first kappa shape index (κ1) is 34.5. The summed E-state index contributed by atoms with van der Waals surface area (Å²) in [6, 6.07) is 18.0. The molecule has 4 aliphatic carbocycles. The molecule has 2 saturated carbocycles. The smallest absolute Gasteiger partial charge is 0.216 e. The minimum atomic E-state index is -0.501. The maximum absolute atomic E-state index is 13.3. The Hall–Kier alpha value is -5.58. The molecule has 58 heavy (non-hydrogen) atoms. The van der Waals surface area contributed by atoms with Gasteiger partial charge in [0.2, 0.25) is 21.7 Å². The zero-order chi connectivity index (χ0) is 38.9. The van der Waals surface area contributed by atoms with Crippen LogP contribution in [0, 0.1) is 11.8 Å². The van der Waals surface area contributed by atoms with Crippen LogP contribution in [0.2, 0.25) is 0 Å². The highest BCUT2D eigenvalue weighted by atomic mass is 32.1. The maximum atomic E-state index is 13.3. The summed E-state index contributed by atoms with van der Waals surface area (Å²) in [6.45, 7) is 0. The summed E-state index contributed by atoms with van der Waals surface area (Å²) >= 11 is 3.07. The summed E-state index contributed by atoms with van der Waals surface area (Å²) in [7, 11) is 0. The van der Waals surface area contributed by atoms with E-state index in [2.05, 4.69) is 36.4 Å². The lowest BCUT2D eigenvalue weighted by molar-refractivity contribution is -0.0338. The third kappa shape index (κ3) is 4.91. The van der Waals surface area contributed by atoms with Gasteiger partial charge >= 0.3 is 0 Å². The molecule has 6 aliphatic rings. The van der Waals surface area contributed by atoms with Crippen LogP contribution in [0.4, 0.5) is 10.0 Å². The molecule has 10 heteroatoms. The summed E-state index contributed by atoms with van der Waals surface area (Å²) in [6.07, 6.45) is 19.2. The molecule has 2 atom stereocenters. The minimum absolute atomic E-state index is 0.00723. The first-order valence-electron chi connectivity index (χ1n) is 20.4. The predicted octanol–water partition coefficient (Wildman–Crippen LogP) is 8.65. The van der Waals surface area contributed by atoms with E-state index in [0.29, 0.717) is 31.5 Å². The van der Waals surface area contributed by atoms with Crippen molar-refractivity contribution in [1.82, 2.24) is 0 Å². The number of benzene rings is 2. The van der Waals surface area contributed by atoms with Gasteiger partial charge in [-0.05, 0) is 75.7 Å². The van der Waals surface area contributed by atoms with Crippen molar-refractivity contribution in [2.45, 2.75) is 75.4 Å². The maximum Gasteiger partial charge on any atom is 0.216 e. The van der Waals surface area contributed by atoms with E-state index >= 15 is 0 Å². The second kappa shape index (κ2) is 12.5. The van der Waals surface area contributed by atoms with Gasteiger partial charge in [0, 0.05) is 65.4 Å². The van der Waals surface area contributed by atoms with Crippen LogP contribution in [-0.4, -0.2) is 0 Å². The van der Waals surface area contributed by atoms with Crippen LogP contribution in [0.25, 0.3) is 32.7 Å². The third-order valence-electron chi connectivity index (χ3n) is 13.4. The Morgan fingerprint density at radius 2 is 0.862 bits per heavy atom. The zero-order valence-electron chi connectivity index (χ0n) is 31.5. The fourth-order valence-electron chi connectivity index (χ4n) is 10.5. The first-order chi connectivity index (χ1) is 28.3. The van der Waals surface area contributed by atoms with Gasteiger partial charge in [-0.3, -0.25) is 19.2 Å². The Balaban J connectivity index is 0.982. The number of ether oxygens (including phenoxy) is 2. The molecular formula is C48H36N2O6S2. The third-order valence-corrected chi connectivity index (χ3v) is 15.5. The highest BCUT2D eigenvalue weighted by Crippen LogP contribution is 2.59. The highest BCUT2D eigenvalue weighted by Gasteiger charge is 2.49. The van der Waals surface area contributed by atoms with Gasteiger partial charge in [-0.25, -0.2) is 9.98 Å². The Kier molecular flexibility index (Phi) is 7.40. The van der Waals surface area contributed by atoms with Gasteiger partial charge in [-0.15, -0.1) is 22.7 Å². The van der Waals surface area contributed by atoms with Crippen LogP contribution in [-0.2, 0) is 20.7 Å². The van der Waals surface area contributed by atoms with E-state index in [9.17, 15) is 19.2 Å². The Morgan fingerprint density at radius 1 is 0.500 bits per heavy atom. The number of allylic oxidation sites excluding steroid dienone is 6. The molecule has 6 aromatic rings. The van der Waals surface area contributed by atoms with Gasteiger partial charge in [0.1, 0.15) is 32.7 Å². The highest BCUT2D eigenvalue weighted by molar-refractivity contribution is 7.17. The molecule has 0 saturated heterocycles. The Bertz CT molecular complexity index is 2940. The normalized spacial score (nSPS) is 22.3. The SMILES string of the molecule is O=c1c(=Nc2cc3c(s2)C2=CC4C=C5OC6(CCCCC6)c6cc(N=c7c(=O)c8ccccc8c7=O)sc6C5=CC4C=C2OC32CCCCC2)c(=O)c2ccccc12. The molecule has 4 aromatic carbocycles. The molecule has 2 aromatic heterocycles. The molecule has 2 spiro atoms. The number of hydrogen-bond donors (Lipinski definition) is 0. The second-order valence-corrected chi connectivity index (χ2v) is 18.7. The van der Waals surface area contributed by atoms with E-state index in [1.165, 1.54) is 22.7 Å². The number of thiophene rings is 2. The second-order valence-electron chi connectivity index (χ2n) is 16.7. The summed E-state index contributed by atoms with van der Waals surface area (Å²) < 4.78 is 14.3. The number of fused-ring (bicyclic) bond motifs is 11. The van der Waals surface area contributed by atoms with Gasteiger partial charge in [0.25, 0.3) is 0 Å². The van der Waals surface area contributed by atoms with Crippen molar-refractivity contribution < 1.29 is 9.47 Å². The van der Waals surface area contributed by atoms with Crippen LogP contribution in [0.1, 0.15) is 85.1 Å². The van der Waals surface area contributed by atoms with Crippen LogP contribution in [0.15, 0.2) is 126 Å².